The number of rotatable bonds is 3. The molecule has 0 unspecified atom stereocenters. The normalized spacial score (nSPS) is 17.3. The van der Waals surface area contributed by atoms with Crippen LogP contribution < -0.4 is 0 Å². The zero-order valence-electron chi connectivity index (χ0n) is 7.75. The van der Waals surface area contributed by atoms with Crippen molar-refractivity contribution in [3.63, 3.8) is 0 Å². The van der Waals surface area contributed by atoms with Crippen LogP contribution in [0.4, 0.5) is 0 Å². The van der Waals surface area contributed by atoms with E-state index in [4.69, 9.17) is 15.4 Å². The van der Waals surface area contributed by atoms with Crippen LogP contribution in [0.2, 0.25) is 0 Å². The maximum atomic E-state index is 11.3. The fraction of sp³-hybridized carbons (Fsp3) is 0.625. The molecule has 0 spiro atoms. The van der Waals surface area contributed by atoms with Crippen molar-refractivity contribution < 1.29 is 17.9 Å². The maximum Gasteiger partial charge on any atom is 0.335 e. The number of hydrogen-bond acceptors (Lipinski definition) is 4. The third-order valence-corrected chi connectivity index (χ3v) is 3.58. The van der Waals surface area contributed by atoms with Gasteiger partial charge in [-0.15, -0.1) is 0 Å². The van der Waals surface area contributed by atoms with Crippen LogP contribution in [0.5, 0.6) is 0 Å². The van der Waals surface area contributed by atoms with Crippen molar-refractivity contribution in [2.24, 2.45) is 0 Å². The highest BCUT2D eigenvalue weighted by molar-refractivity contribution is 8.16. The van der Waals surface area contributed by atoms with E-state index < -0.39 is 15.0 Å². The summed E-state index contributed by atoms with van der Waals surface area (Å²) in [4.78, 5) is 11.3. The molecule has 1 aliphatic rings. The molecule has 0 aliphatic heterocycles. The molecule has 0 heterocycles. The Labute approximate surface area is 87.3 Å². The molecule has 14 heavy (non-hydrogen) atoms. The molecule has 0 N–H and O–H groups in total. The quantitative estimate of drug-likeness (QED) is 0.553. The fourth-order valence-corrected chi connectivity index (χ4v) is 2.80. The van der Waals surface area contributed by atoms with Crippen molar-refractivity contribution in [3.05, 3.63) is 10.5 Å². The van der Waals surface area contributed by atoms with Crippen molar-refractivity contribution in [1.29, 1.82) is 0 Å². The molecule has 6 heteroatoms. The SMILES string of the molecule is CCOC(=O)C1=C(S(=O)(=O)Cl)CCC1. The molecule has 0 atom stereocenters. The van der Waals surface area contributed by atoms with Crippen LogP contribution in [0.1, 0.15) is 26.2 Å². The van der Waals surface area contributed by atoms with Gasteiger partial charge in [-0.3, -0.25) is 0 Å². The summed E-state index contributed by atoms with van der Waals surface area (Å²) in [5.41, 5.74) is 0.210. The number of halogens is 1. The van der Waals surface area contributed by atoms with E-state index in [1.165, 1.54) is 0 Å². The highest BCUT2D eigenvalue weighted by atomic mass is 35.7. The van der Waals surface area contributed by atoms with Gasteiger partial charge in [0.2, 0.25) is 0 Å². The van der Waals surface area contributed by atoms with E-state index in [0.717, 1.165) is 0 Å². The van der Waals surface area contributed by atoms with Crippen molar-refractivity contribution >= 4 is 25.7 Å². The van der Waals surface area contributed by atoms with Gasteiger partial charge in [-0.05, 0) is 26.2 Å². The monoisotopic (exact) mass is 238 g/mol. The van der Waals surface area contributed by atoms with Gasteiger partial charge in [-0.1, -0.05) is 0 Å². The number of esters is 1. The summed E-state index contributed by atoms with van der Waals surface area (Å²) < 4.78 is 26.8. The van der Waals surface area contributed by atoms with Gasteiger partial charge in [0.1, 0.15) is 0 Å². The molecular formula is C8H11ClO4S. The van der Waals surface area contributed by atoms with Gasteiger partial charge in [0.15, 0.2) is 0 Å². The van der Waals surface area contributed by atoms with E-state index in [1.54, 1.807) is 6.92 Å². The lowest BCUT2D eigenvalue weighted by Gasteiger charge is -2.03. The molecule has 0 aromatic rings. The van der Waals surface area contributed by atoms with Crippen LogP contribution in [-0.2, 0) is 18.6 Å². The Hall–Kier alpha value is -0.550. The van der Waals surface area contributed by atoms with E-state index in [0.29, 0.717) is 19.3 Å². The molecule has 4 nitrogen and oxygen atoms in total. The maximum absolute atomic E-state index is 11.3. The molecule has 80 valence electrons. The first-order chi connectivity index (χ1) is 6.46. The summed E-state index contributed by atoms with van der Waals surface area (Å²) in [6.45, 7) is 1.90. The van der Waals surface area contributed by atoms with Crippen molar-refractivity contribution in [3.8, 4) is 0 Å². The first kappa shape index (κ1) is 11.5. The summed E-state index contributed by atoms with van der Waals surface area (Å²) in [5, 5.41) is 0. The first-order valence-electron chi connectivity index (χ1n) is 4.30. The molecule has 1 aliphatic carbocycles. The molecule has 0 radical (unpaired) electrons. The Kier molecular flexibility index (Phi) is 3.55. The predicted octanol–water partition coefficient (Wildman–Crippen LogP) is 1.56. The largest absolute Gasteiger partial charge is 0.463 e. The topological polar surface area (TPSA) is 60.4 Å². The number of carbonyl (C=O) groups excluding carboxylic acids is 1. The number of hydrogen-bond donors (Lipinski definition) is 0. The minimum Gasteiger partial charge on any atom is -0.463 e. The Morgan fingerprint density at radius 1 is 1.50 bits per heavy atom. The Morgan fingerprint density at radius 2 is 2.14 bits per heavy atom. The first-order valence-corrected chi connectivity index (χ1v) is 6.61. The van der Waals surface area contributed by atoms with Crippen molar-refractivity contribution in [2.75, 3.05) is 6.61 Å². The van der Waals surface area contributed by atoms with Gasteiger partial charge in [-0.2, -0.15) is 0 Å². The summed E-state index contributed by atoms with van der Waals surface area (Å²) in [5.74, 6) is -0.566. The molecular weight excluding hydrogens is 228 g/mol. The molecule has 0 saturated heterocycles. The van der Waals surface area contributed by atoms with Crippen molar-refractivity contribution in [1.82, 2.24) is 0 Å². The van der Waals surface area contributed by atoms with Crippen LogP contribution in [0.3, 0.4) is 0 Å². The molecule has 0 aromatic carbocycles. The van der Waals surface area contributed by atoms with Gasteiger partial charge >= 0.3 is 5.97 Å². The zero-order valence-corrected chi connectivity index (χ0v) is 9.32. The minimum absolute atomic E-state index is 0.0256. The molecule has 0 aromatic heterocycles. The third-order valence-electron chi connectivity index (χ3n) is 1.98. The molecule has 0 saturated carbocycles. The van der Waals surface area contributed by atoms with Gasteiger partial charge < -0.3 is 4.74 Å². The molecule has 1 rings (SSSR count). The van der Waals surface area contributed by atoms with Gasteiger partial charge in [-0.25, -0.2) is 13.2 Å². The smallest absolute Gasteiger partial charge is 0.335 e. The molecule has 0 bridgehead atoms. The lowest BCUT2D eigenvalue weighted by molar-refractivity contribution is -0.138. The average molecular weight is 239 g/mol. The second kappa shape index (κ2) is 4.31. The van der Waals surface area contributed by atoms with Gasteiger partial charge in [0.25, 0.3) is 9.05 Å². The van der Waals surface area contributed by atoms with E-state index in [9.17, 15) is 13.2 Å². The van der Waals surface area contributed by atoms with Gasteiger partial charge in [0, 0.05) is 10.7 Å². The van der Waals surface area contributed by atoms with Crippen LogP contribution >= 0.6 is 10.7 Å². The summed E-state index contributed by atoms with van der Waals surface area (Å²) in [6.07, 6.45) is 1.40. The Balaban J connectivity index is 3.00. The lowest BCUT2D eigenvalue weighted by atomic mass is 10.2. The van der Waals surface area contributed by atoms with E-state index >= 15 is 0 Å². The highest BCUT2D eigenvalue weighted by Crippen LogP contribution is 2.32. The number of allylic oxidation sites excluding steroid dienone is 1. The third kappa shape index (κ3) is 2.48. The fourth-order valence-electron chi connectivity index (χ4n) is 1.42. The van der Waals surface area contributed by atoms with Gasteiger partial charge in [0.05, 0.1) is 17.1 Å². The van der Waals surface area contributed by atoms with E-state index in [1.807, 2.05) is 0 Å². The van der Waals surface area contributed by atoms with Crippen LogP contribution in [0.15, 0.2) is 10.5 Å². The lowest BCUT2D eigenvalue weighted by Crippen LogP contribution is -2.09. The number of carbonyl (C=O) groups is 1. The highest BCUT2D eigenvalue weighted by Gasteiger charge is 2.29. The minimum atomic E-state index is -3.76. The Morgan fingerprint density at radius 3 is 2.64 bits per heavy atom. The van der Waals surface area contributed by atoms with E-state index in [2.05, 4.69) is 0 Å². The second-order valence-corrected chi connectivity index (χ2v) is 5.50. The van der Waals surface area contributed by atoms with Crippen LogP contribution in [0, 0.1) is 0 Å². The van der Waals surface area contributed by atoms with Crippen molar-refractivity contribution in [2.45, 2.75) is 26.2 Å². The standard InChI is InChI=1S/C8H11ClO4S/c1-2-13-8(10)6-4-3-5-7(6)14(9,11)12/h2-5H2,1H3. The zero-order chi connectivity index (χ0) is 10.8. The number of ether oxygens (including phenoxy) is 1. The average Bonchev–Trinajstić information content (AvgIpc) is 2.50. The predicted molar refractivity (Wildman–Crippen MR) is 52.3 cm³/mol. The summed E-state index contributed by atoms with van der Waals surface area (Å²) in [7, 11) is 1.42. The summed E-state index contributed by atoms with van der Waals surface area (Å²) in [6, 6.07) is 0. The second-order valence-electron chi connectivity index (χ2n) is 2.91. The van der Waals surface area contributed by atoms with Crippen LogP contribution in [-0.4, -0.2) is 21.0 Å². The Bertz CT molecular complexity index is 369. The van der Waals surface area contributed by atoms with E-state index in [-0.39, 0.29) is 17.1 Å². The molecule has 0 amide bonds. The molecule has 0 fully saturated rings. The summed E-state index contributed by atoms with van der Waals surface area (Å²) >= 11 is 0. The van der Waals surface area contributed by atoms with Crippen LogP contribution in [0.25, 0.3) is 0 Å².